The van der Waals surface area contributed by atoms with Gasteiger partial charge in [0.25, 0.3) is 0 Å². The Balaban J connectivity index is 1.70. The van der Waals surface area contributed by atoms with Crippen LogP contribution in [0.1, 0.15) is 29.2 Å². The summed E-state index contributed by atoms with van der Waals surface area (Å²) in [7, 11) is 0. The summed E-state index contributed by atoms with van der Waals surface area (Å²) in [6.45, 7) is 2.87. The number of benzene rings is 3. The van der Waals surface area contributed by atoms with E-state index >= 15 is 0 Å². The van der Waals surface area contributed by atoms with Gasteiger partial charge in [-0.3, -0.25) is 0 Å². The molecular weight excluding hydrogens is 515 g/mol. The molecule has 0 aliphatic carbocycles. The number of hydrogen-bond donors (Lipinski definition) is 0. The number of nitrogens with zero attached hydrogens (tertiary/aromatic N) is 2. The monoisotopic (exact) mass is 532 g/mol. The highest BCUT2D eigenvalue weighted by molar-refractivity contribution is 9.10. The zero-order chi connectivity index (χ0) is 22.9. The van der Waals surface area contributed by atoms with Gasteiger partial charge in [0.2, 0.25) is 0 Å². The van der Waals surface area contributed by atoms with Crippen LogP contribution in [0.5, 0.6) is 11.5 Å². The fourth-order valence-electron chi connectivity index (χ4n) is 2.78. The summed E-state index contributed by atoms with van der Waals surface area (Å²) in [6, 6.07) is 18.3. The summed E-state index contributed by atoms with van der Waals surface area (Å²) in [5.41, 5.74) is 2.97. The Labute approximate surface area is 205 Å². The first-order chi connectivity index (χ1) is 15.5. The van der Waals surface area contributed by atoms with E-state index in [2.05, 4.69) is 27.2 Å². The number of halogens is 3. The molecule has 0 aromatic heterocycles. The molecule has 0 saturated carbocycles. The molecule has 5 nitrogen and oxygen atoms in total. The molecule has 0 atom stereocenters. The van der Waals surface area contributed by atoms with Crippen LogP contribution in [0.4, 0.5) is 0 Å². The van der Waals surface area contributed by atoms with Gasteiger partial charge in [0.15, 0.2) is 11.5 Å². The lowest BCUT2D eigenvalue weighted by Crippen LogP contribution is -2.01. The van der Waals surface area contributed by atoms with Crippen molar-refractivity contribution in [3.05, 3.63) is 91.4 Å². The maximum absolute atomic E-state index is 9.15. The van der Waals surface area contributed by atoms with Gasteiger partial charge >= 0.3 is 0 Å². The second-order valence-electron chi connectivity index (χ2n) is 6.57. The van der Waals surface area contributed by atoms with Crippen LogP contribution >= 0.6 is 39.1 Å². The molecule has 0 amide bonds. The van der Waals surface area contributed by atoms with Crippen molar-refractivity contribution in [2.45, 2.75) is 20.1 Å². The van der Waals surface area contributed by atoms with Gasteiger partial charge in [-0.2, -0.15) is 5.26 Å². The SMILES string of the molecule is CCOc1cc(/C=N\OCc2ccccc2C#N)c(Br)cc1OCc1ccc(Cl)c(Cl)c1. The van der Waals surface area contributed by atoms with Crippen molar-refractivity contribution in [3.63, 3.8) is 0 Å². The summed E-state index contributed by atoms with van der Waals surface area (Å²) in [6.07, 6.45) is 1.57. The van der Waals surface area contributed by atoms with Crippen molar-refractivity contribution in [1.29, 1.82) is 5.26 Å². The highest BCUT2D eigenvalue weighted by Crippen LogP contribution is 2.34. The van der Waals surface area contributed by atoms with Crippen molar-refractivity contribution in [1.82, 2.24) is 0 Å². The average molecular weight is 534 g/mol. The summed E-state index contributed by atoms with van der Waals surface area (Å²) in [4.78, 5) is 5.38. The molecule has 3 aromatic rings. The van der Waals surface area contributed by atoms with Gasteiger partial charge in [-0.05, 0) is 58.7 Å². The standard InChI is InChI=1S/C24H19BrCl2N2O3/c1-2-30-23-10-19(13-29-32-15-18-6-4-3-5-17(18)12-28)20(25)11-24(23)31-14-16-7-8-21(26)22(27)9-16/h3-11,13H,2,14-15H2,1H3/b29-13-. The fourth-order valence-corrected chi connectivity index (χ4v) is 3.52. The number of ether oxygens (including phenoxy) is 2. The summed E-state index contributed by atoms with van der Waals surface area (Å²) in [5.74, 6) is 1.15. The van der Waals surface area contributed by atoms with Crippen LogP contribution in [0.3, 0.4) is 0 Å². The molecule has 3 aromatic carbocycles. The Morgan fingerprint density at radius 1 is 1.00 bits per heavy atom. The van der Waals surface area contributed by atoms with E-state index in [0.717, 1.165) is 21.2 Å². The average Bonchev–Trinajstić information content (AvgIpc) is 2.80. The first-order valence-corrected chi connectivity index (χ1v) is 11.2. The Morgan fingerprint density at radius 2 is 1.78 bits per heavy atom. The predicted molar refractivity (Wildman–Crippen MR) is 130 cm³/mol. The molecule has 0 saturated heterocycles. The molecule has 164 valence electrons. The molecule has 32 heavy (non-hydrogen) atoms. The molecule has 0 aliphatic rings. The van der Waals surface area contributed by atoms with Crippen LogP contribution in [-0.4, -0.2) is 12.8 Å². The quantitative estimate of drug-likeness (QED) is 0.216. The van der Waals surface area contributed by atoms with E-state index in [-0.39, 0.29) is 6.61 Å². The predicted octanol–water partition coefficient (Wildman–Crippen LogP) is 7.16. The van der Waals surface area contributed by atoms with Crippen LogP contribution < -0.4 is 9.47 Å². The molecule has 0 unspecified atom stereocenters. The zero-order valence-corrected chi connectivity index (χ0v) is 20.2. The van der Waals surface area contributed by atoms with Gasteiger partial charge < -0.3 is 14.3 Å². The van der Waals surface area contributed by atoms with Gasteiger partial charge in [-0.1, -0.05) is 52.6 Å². The molecule has 0 N–H and O–H groups in total. The van der Waals surface area contributed by atoms with E-state index in [1.165, 1.54) is 0 Å². The third-order valence-corrected chi connectivity index (χ3v) is 5.79. The summed E-state index contributed by atoms with van der Waals surface area (Å²) in [5, 5.41) is 14.1. The van der Waals surface area contributed by atoms with Crippen LogP contribution in [0.25, 0.3) is 0 Å². The molecule has 0 fully saturated rings. The normalized spacial score (nSPS) is 10.7. The molecule has 0 radical (unpaired) electrons. The maximum Gasteiger partial charge on any atom is 0.162 e. The molecule has 0 bridgehead atoms. The lowest BCUT2D eigenvalue weighted by molar-refractivity contribution is 0.132. The number of rotatable bonds is 9. The first kappa shape index (κ1) is 23.9. The van der Waals surface area contributed by atoms with Gasteiger partial charge in [0.05, 0.1) is 34.5 Å². The fraction of sp³-hybridized carbons (Fsp3) is 0.167. The van der Waals surface area contributed by atoms with Crippen molar-refractivity contribution in [2.75, 3.05) is 6.61 Å². The number of nitriles is 1. The first-order valence-electron chi connectivity index (χ1n) is 9.68. The topological polar surface area (TPSA) is 63.8 Å². The van der Waals surface area contributed by atoms with Crippen molar-refractivity contribution < 1.29 is 14.3 Å². The number of oxime groups is 1. The second kappa shape index (κ2) is 11.8. The van der Waals surface area contributed by atoms with E-state index in [9.17, 15) is 0 Å². The minimum absolute atomic E-state index is 0.195. The smallest absolute Gasteiger partial charge is 0.162 e. The molecule has 3 rings (SSSR count). The van der Waals surface area contributed by atoms with Crippen molar-refractivity contribution in [2.24, 2.45) is 5.16 Å². The molecular formula is C24H19BrCl2N2O3. The Hall–Kier alpha value is -2.72. The second-order valence-corrected chi connectivity index (χ2v) is 8.24. The number of hydrogen-bond acceptors (Lipinski definition) is 5. The van der Waals surface area contributed by atoms with E-state index in [1.54, 1.807) is 24.4 Å². The zero-order valence-electron chi connectivity index (χ0n) is 17.1. The van der Waals surface area contributed by atoms with Crippen LogP contribution in [0.15, 0.2) is 64.2 Å². The third-order valence-electron chi connectivity index (χ3n) is 4.37. The van der Waals surface area contributed by atoms with E-state index in [0.29, 0.717) is 40.3 Å². The van der Waals surface area contributed by atoms with Gasteiger partial charge in [0.1, 0.15) is 13.2 Å². The van der Waals surface area contributed by atoms with Crippen LogP contribution in [-0.2, 0) is 18.1 Å². The minimum Gasteiger partial charge on any atom is -0.490 e. The van der Waals surface area contributed by atoms with E-state index < -0.39 is 0 Å². The Kier molecular flexibility index (Phi) is 8.81. The van der Waals surface area contributed by atoms with Crippen molar-refractivity contribution >= 4 is 45.3 Å². The van der Waals surface area contributed by atoms with E-state index in [4.69, 9.17) is 42.8 Å². The summed E-state index contributed by atoms with van der Waals surface area (Å²) >= 11 is 15.6. The molecule has 8 heteroatoms. The molecule has 0 spiro atoms. The van der Waals surface area contributed by atoms with E-state index in [1.807, 2.05) is 43.3 Å². The highest BCUT2D eigenvalue weighted by atomic mass is 79.9. The Morgan fingerprint density at radius 3 is 2.53 bits per heavy atom. The van der Waals surface area contributed by atoms with Gasteiger partial charge in [0, 0.05) is 15.6 Å². The van der Waals surface area contributed by atoms with Crippen LogP contribution in [0.2, 0.25) is 10.0 Å². The van der Waals surface area contributed by atoms with Crippen molar-refractivity contribution in [3.8, 4) is 17.6 Å². The lowest BCUT2D eigenvalue weighted by Gasteiger charge is -2.14. The molecule has 0 aliphatic heterocycles. The lowest BCUT2D eigenvalue weighted by atomic mass is 10.1. The minimum atomic E-state index is 0.195. The highest BCUT2D eigenvalue weighted by Gasteiger charge is 2.11. The molecule has 0 heterocycles. The largest absolute Gasteiger partial charge is 0.490 e. The van der Waals surface area contributed by atoms with Gasteiger partial charge in [-0.15, -0.1) is 0 Å². The van der Waals surface area contributed by atoms with Gasteiger partial charge in [-0.25, -0.2) is 0 Å². The Bertz CT molecular complexity index is 1160. The maximum atomic E-state index is 9.15. The van der Waals surface area contributed by atoms with Crippen LogP contribution in [0, 0.1) is 11.3 Å². The third kappa shape index (κ3) is 6.39. The summed E-state index contributed by atoms with van der Waals surface area (Å²) < 4.78 is 12.4.